The molecule has 0 saturated carbocycles. The van der Waals surface area contributed by atoms with Crippen LogP contribution in [0.5, 0.6) is 0 Å². The first-order valence-electron chi connectivity index (χ1n) is 6.25. The van der Waals surface area contributed by atoms with Crippen LogP contribution in [0.3, 0.4) is 0 Å². The Hall–Kier alpha value is -1.69. The van der Waals surface area contributed by atoms with Gasteiger partial charge in [-0.25, -0.2) is 0 Å². The Balaban J connectivity index is 2.41. The summed E-state index contributed by atoms with van der Waals surface area (Å²) in [7, 11) is 0. The van der Waals surface area contributed by atoms with Crippen LogP contribution in [0.1, 0.15) is 31.7 Å². The van der Waals surface area contributed by atoms with Gasteiger partial charge in [-0.15, -0.1) is 0 Å². The number of aryl methyl sites for hydroxylation is 1. The van der Waals surface area contributed by atoms with E-state index in [0.29, 0.717) is 12.8 Å². The van der Waals surface area contributed by atoms with Crippen LogP contribution >= 0.6 is 0 Å². The van der Waals surface area contributed by atoms with Gasteiger partial charge in [-0.2, -0.15) is 5.26 Å². The number of aliphatic imine (C=N–C) groups is 1. The molecule has 0 bridgehead atoms. The predicted octanol–water partition coefficient (Wildman–Crippen LogP) is 3.72. The number of benzene rings is 1. The summed E-state index contributed by atoms with van der Waals surface area (Å²) in [6.45, 7) is 1.36. The maximum absolute atomic E-state index is 12.1. The Labute approximate surface area is 108 Å². The molecule has 0 spiro atoms. The third-order valence-electron chi connectivity index (χ3n) is 2.82. The van der Waals surface area contributed by atoms with E-state index in [1.165, 1.54) is 5.56 Å². The van der Waals surface area contributed by atoms with E-state index < -0.39 is 12.2 Å². The molecule has 1 aromatic carbocycles. The Morgan fingerprint density at radius 3 is 2.72 bits per heavy atom. The Morgan fingerprint density at radius 2 is 2.11 bits per heavy atom. The summed E-state index contributed by atoms with van der Waals surface area (Å²) in [5.74, 6) is 0. The second kappa shape index (κ2) is 7.60. The third-order valence-corrected chi connectivity index (χ3v) is 2.82. The van der Waals surface area contributed by atoms with Crippen LogP contribution in [0.4, 0.5) is 4.39 Å². The van der Waals surface area contributed by atoms with Crippen molar-refractivity contribution >= 4 is 6.21 Å². The number of rotatable bonds is 7. The molecule has 1 atom stereocenters. The summed E-state index contributed by atoms with van der Waals surface area (Å²) in [6.07, 6.45) is 4.36. The van der Waals surface area contributed by atoms with Gasteiger partial charge >= 0.3 is 0 Å². The maximum atomic E-state index is 12.1. The average Bonchev–Trinajstić information content (AvgIpc) is 2.43. The van der Waals surface area contributed by atoms with Crippen molar-refractivity contribution in [3.05, 3.63) is 35.9 Å². The predicted molar refractivity (Wildman–Crippen MR) is 72.5 cm³/mol. The molecule has 0 aromatic heterocycles. The van der Waals surface area contributed by atoms with Crippen LogP contribution in [0.2, 0.25) is 0 Å². The molecule has 3 heteroatoms. The van der Waals surface area contributed by atoms with Crippen molar-refractivity contribution in [1.29, 1.82) is 5.26 Å². The quantitative estimate of drug-likeness (QED) is 0.675. The molecule has 2 nitrogen and oxygen atoms in total. The van der Waals surface area contributed by atoms with Crippen LogP contribution in [0.25, 0.3) is 0 Å². The number of nitrogens with zero attached hydrogens (tertiary/aromatic N) is 2. The highest BCUT2D eigenvalue weighted by molar-refractivity contribution is 5.59. The van der Waals surface area contributed by atoms with Crippen LogP contribution in [-0.4, -0.2) is 18.4 Å². The SMILES string of the molecule is CC(C#N)(CCCF)/N=C/CCc1ccccc1. The molecule has 0 aliphatic rings. The molecule has 0 heterocycles. The maximum Gasteiger partial charge on any atom is 0.143 e. The zero-order chi connectivity index (χ0) is 13.3. The van der Waals surface area contributed by atoms with Gasteiger partial charge < -0.3 is 0 Å². The molecule has 1 aromatic rings. The Bertz CT molecular complexity index is 408. The lowest BCUT2D eigenvalue weighted by Gasteiger charge is -2.14. The molecule has 1 rings (SSSR count). The van der Waals surface area contributed by atoms with Crippen molar-refractivity contribution in [2.75, 3.05) is 6.67 Å². The summed E-state index contributed by atoms with van der Waals surface area (Å²) in [6, 6.07) is 12.3. The lowest BCUT2D eigenvalue weighted by atomic mass is 9.99. The molecule has 96 valence electrons. The standard InChI is InChI=1S/C15H19FN2/c1-15(13-17,10-6-11-16)18-12-5-9-14-7-3-2-4-8-14/h2-4,7-8,12H,5-6,9-11H2,1H3/b18-12+. The molecule has 0 radical (unpaired) electrons. The molecular formula is C15H19FN2. The lowest BCUT2D eigenvalue weighted by Crippen LogP contribution is -2.19. The van der Waals surface area contributed by atoms with Crippen LogP contribution in [-0.2, 0) is 6.42 Å². The molecular weight excluding hydrogens is 227 g/mol. The van der Waals surface area contributed by atoms with Gasteiger partial charge in [0.1, 0.15) is 5.54 Å². The Kier molecular flexibility index (Phi) is 6.07. The number of hydrogen-bond donors (Lipinski definition) is 0. The summed E-state index contributed by atoms with van der Waals surface area (Å²) in [5, 5.41) is 9.04. The number of alkyl halides is 1. The van der Waals surface area contributed by atoms with E-state index in [2.05, 4.69) is 23.2 Å². The fourth-order valence-corrected chi connectivity index (χ4v) is 1.70. The van der Waals surface area contributed by atoms with Crippen LogP contribution in [0, 0.1) is 11.3 Å². The van der Waals surface area contributed by atoms with Crippen molar-refractivity contribution < 1.29 is 4.39 Å². The van der Waals surface area contributed by atoms with E-state index in [4.69, 9.17) is 5.26 Å². The highest BCUT2D eigenvalue weighted by Gasteiger charge is 2.20. The molecule has 18 heavy (non-hydrogen) atoms. The highest BCUT2D eigenvalue weighted by Crippen LogP contribution is 2.16. The molecule has 0 aliphatic carbocycles. The van der Waals surface area contributed by atoms with Crippen molar-refractivity contribution in [3.8, 4) is 6.07 Å². The van der Waals surface area contributed by atoms with Gasteiger partial charge in [-0.05, 0) is 38.2 Å². The summed E-state index contributed by atoms with van der Waals surface area (Å²) >= 11 is 0. The zero-order valence-corrected chi connectivity index (χ0v) is 10.8. The second-order valence-electron chi connectivity index (χ2n) is 4.51. The Morgan fingerprint density at radius 1 is 1.39 bits per heavy atom. The second-order valence-corrected chi connectivity index (χ2v) is 4.51. The van der Waals surface area contributed by atoms with Gasteiger partial charge in [-0.3, -0.25) is 9.38 Å². The van der Waals surface area contributed by atoms with E-state index in [9.17, 15) is 4.39 Å². The minimum absolute atomic E-state index is 0.389. The van der Waals surface area contributed by atoms with Crippen molar-refractivity contribution in [2.45, 2.75) is 38.1 Å². The van der Waals surface area contributed by atoms with Gasteiger partial charge in [-0.1, -0.05) is 30.3 Å². The van der Waals surface area contributed by atoms with Crippen LogP contribution in [0.15, 0.2) is 35.3 Å². The molecule has 0 saturated heterocycles. The van der Waals surface area contributed by atoms with Gasteiger partial charge in [0, 0.05) is 6.21 Å². The smallest absolute Gasteiger partial charge is 0.143 e. The molecule has 0 N–H and O–H groups in total. The fraction of sp³-hybridized carbons (Fsp3) is 0.467. The molecule has 0 fully saturated rings. The van der Waals surface area contributed by atoms with Crippen molar-refractivity contribution in [2.24, 2.45) is 4.99 Å². The van der Waals surface area contributed by atoms with Crippen molar-refractivity contribution in [1.82, 2.24) is 0 Å². The van der Waals surface area contributed by atoms with Gasteiger partial charge in [0.25, 0.3) is 0 Å². The van der Waals surface area contributed by atoms with Gasteiger partial charge in [0.05, 0.1) is 12.7 Å². The fourth-order valence-electron chi connectivity index (χ4n) is 1.70. The van der Waals surface area contributed by atoms with E-state index >= 15 is 0 Å². The van der Waals surface area contributed by atoms with E-state index in [1.807, 2.05) is 18.2 Å². The molecule has 1 unspecified atom stereocenters. The zero-order valence-electron chi connectivity index (χ0n) is 10.8. The molecule has 0 amide bonds. The number of hydrogen-bond acceptors (Lipinski definition) is 2. The first-order chi connectivity index (χ1) is 8.70. The minimum Gasteiger partial charge on any atom is -0.276 e. The average molecular weight is 246 g/mol. The largest absolute Gasteiger partial charge is 0.276 e. The first-order valence-corrected chi connectivity index (χ1v) is 6.25. The topological polar surface area (TPSA) is 36.1 Å². The summed E-state index contributed by atoms with van der Waals surface area (Å²) in [5.41, 5.74) is 0.481. The van der Waals surface area contributed by atoms with Gasteiger partial charge in [0.2, 0.25) is 0 Å². The van der Waals surface area contributed by atoms with E-state index in [-0.39, 0.29) is 0 Å². The summed E-state index contributed by atoms with van der Waals surface area (Å²) in [4.78, 5) is 4.27. The van der Waals surface area contributed by atoms with E-state index in [1.54, 1.807) is 13.1 Å². The van der Waals surface area contributed by atoms with E-state index in [0.717, 1.165) is 12.8 Å². The highest BCUT2D eigenvalue weighted by atomic mass is 19.1. The third kappa shape index (κ3) is 5.09. The lowest BCUT2D eigenvalue weighted by molar-refractivity contribution is 0.422. The minimum atomic E-state index is -0.775. The van der Waals surface area contributed by atoms with Gasteiger partial charge in [0.15, 0.2) is 0 Å². The normalized spacial score (nSPS) is 14.3. The number of nitriles is 1. The monoisotopic (exact) mass is 246 g/mol. The number of halogens is 1. The summed E-state index contributed by atoms with van der Waals surface area (Å²) < 4.78 is 12.1. The van der Waals surface area contributed by atoms with Crippen molar-refractivity contribution in [3.63, 3.8) is 0 Å². The first kappa shape index (κ1) is 14.4. The van der Waals surface area contributed by atoms with Crippen LogP contribution < -0.4 is 0 Å². The molecule has 0 aliphatic heterocycles.